The molecule has 7 heterocycles. The summed E-state index contributed by atoms with van der Waals surface area (Å²) in [5.41, 5.74) is 10.7. The Morgan fingerprint density at radius 2 is 0.790 bits per heavy atom. The van der Waals surface area contributed by atoms with Gasteiger partial charge in [-0.1, -0.05) is 176 Å². The topological polar surface area (TPSA) is 129 Å². The first-order valence-corrected chi connectivity index (χ1v) is 26.8. The van der Waals surface area contributed by atoms with Crippen molar-refractivity contribution in [3.05, 3.63) is 289 Å². The zero-order valence-corrected chi connectivity index (χ0v) is 46.6. The number of rotatable bonds is 0. The number of pyridine rings is 4. The predicted molar refractivity (Wildman–Crippen MR) is 336 cm³/mol. The van der Waals surface area contributed by atoms with Gasteiger partial charge >= 0.3 is 0 Å². The van der Waals surface area contributed by atoms with Crippen LogP contribution in [0.25, 0.3) is 86.7 Å². The van der Waals surface area contributed by atoms with E-state index in [4.69, 9.17) is 0 Å². The molecular formula is C71H62N10. The van der Waals surface area contributed by atoms with Gasteiger partial charge in [0.25, 0.3) is 0 Å². The number of hydrogen-bond acceptors (Lipinski definition) is 10. The van der Waals surface area contributed by atoms with Gasteiger partial charge in [-0.2, -0.15) is 10.2 Å². The maximum atomic E-state index is 4.60. The highest BCUT2D eigenvalue weighted by Gasteiger charge is 2.04. The maximum absolute atomic E-state index is 4.60. The van der Waals surface area contributed by atoms with Gasteiger partial charge in [-0.3, -0.25) is 19.9 Å². The first kappa shape index (κ1) is 55.4. The van der Waals surface area contributed by atoms with Crippen molar-refractivity contribution in [3.8, 4) is 0 Å². The van der Waals surface area contributed by atoms with Crippen LogP contribution in [0.4, 0.5) is 0 Å². The molecule has 15 rings (SSSR count). The second-order valence-electron chi connectivity index (χ2n) is 19.2. The van der Waals surface area contributed by atoms with E-state index in [2.05, 4.69) is 155 Å². The van der Waals surface area contributed by atoms with Crippen molar-refractivity contribution in [1.29, 1.82) is 0 Å². The van der Waals surface area contributed by atoms with Gasteiger partial charge in [0.1, 0.15) is 12.2 Å². The quantitative estimate of drug-likeness (QED) is 0.135. The molecular weight excluding hydrogens is 993 g/mol. The maximum Gasteiger partial charge on any atom is 0.125 e. The monoisotopic (exact) mass is 1050 g/mol. The third-order valence-corrected chi connectivity index (χ3v) is 13.4. The summed E-state index contributed by atoms with van der Waals surface area (Å²) in [5, 5.41) is 22.4. The Kier molecular flexibility index (Phi) is 18.7. The van der Waals surface area contributed by atoms with Crippen LogP contribution in [0.2, 0.25) is 0 Å². The molecule has 0 fully saturated rings. The lowest BCUT2D eigenvalue weighted by molar-refractivity contribution is 1.00. The van der Waals surface area contributed by atoms with Crippen molar-refractivity contribution in [2.75, 3.05) is 0 Å². The lowest BCUT2D eigenvalue weighted by Crippen LogP contribution is -1.86. The highest BCUT2D eigenvalue weighted by molar-refractivity contribution is 6.06. The molecule has 0 unspecified atom stereocenters. The number of nitrogens with zero attached hydrogens (tertiary/aromatic N) is 10. The molecule has 0 saturated carbocycles. The number of para-hydroxylation sites is 4. The lowest BCUT2D eigenvalue weighted by Gasteiger charge is -2.05. The fraction of sp³-hybridized carbons (Fsp3) is 0.0986. The molecule has 81 heavy (non-hydrogen) atoms. The minimum atomic E-state index is 0.823. The van der Waals surface area contributed by atoms with Gasteiger partial charge in [-0.15, -0.1) is 0 Å². The van der Waals surface area contributed by atoms with Crippen LogP contribution in [0.5, 0.6) is 0 Å². The molecule has 0 N–H and O–H groups in total. The van der Waals surface area contributed by atoms with Crippen LogP contribution in [-0.4, -0.2) is 50.1 Å². The van der Waals surface area contributed by atoms with Gasteiger partial charge in [0, 0.05) is 96.0 Å². The third kappa shape index (κ3) is 14.6. The van der Waals surface area contributed by atoms with E-state index in [1.165, 1.54) is 54.0 Å². The van der Waals surface area contributed by atoms with Crippen molar-refractivity contribution in [2.24, 2.45) is 0 Å². The second-order valence-corrected chi connectivity index (χ2v) is 19.2. The first-order valence-electron chi connectivity index (χ1n) is 26.8. The fourth-order valence-electron chi connectivity index (χ4n) is 9.15. The summed E-state index contributed by atoms with van der Waals surface area (Å²) in [6, 6.07) is 71.6. The van der Waals surface area contributed by atoms with Crippen molar-refractivity contribution in [1.82, 2.24) is 50.1 Å². The van der Waals surface area contributed by atoms with Gasteiger partial charge in [-0.05, 0) is 107 Å². The highest BCUT2D eigenvalue weighted by atomic mass is 15.1. The van der Waals surface area contributed by atoms with Crippen molar-refractivity contribution < 1.29 is 0 Å². The van der Waals surface area contributed by atoms with Gasteiger partial charge in [-0.25, -0.2) is 19.9 Å². The average Bonchev–Trinajstić information content (AvgIpc) is 3.52. The Morgan fingerprint density at radius 3 is 1.46 bits per heavy atom. The number of fused-ring (bicyclic) bond motifs is 9. The number of aromatic nitrogens is 10. The SMILES string of the molecule is Cc1ccc2ccccc2n1.Cc1cncc2ccccc12.Cc1nc2ccccc2c2ccccc12.Cc1ncc2ccccc2n1.Cc1nccc2ccccc12.Cc1ncnc2ccccc12.Cc1nncc2ccccc12. The Morgan fingerprint density at radius 1 is 0.272 bits per heavy atom. The number of aryl methyl sites for hydroxylation is 7. The Bertz CT molecular complexity index is 4120. The summed E-state index contributed by atoms with van der Waals surface area (Å²) in [6.07, 6.45) is 10.8. The first-order chi connectivity index (χ1) is 39.6. The summed E-state index contributed by atoms with van der Waals surface area (Å²) >= 11 is 0. The minimum Gasteiger partial charge on any atom is -0.264 e. The second kappa shape index (κ2) is 27.3. The largest absolute Gasteiger partial charge is 0.264 e. The van der Waals surface area contributed by atoms with Crippen LogP contribution in [0.3, 0.4) is 0 Å². The average molecular weight is 1060 g/mol. The predicted octanol–water partition coefficient (Wildman–Crippen LogP) is 17.1. The molecule has 10 nitrogen and oxygen atoms in total. The molecule has 0 radical (unpaired) electrons. The van der Waals surface area contributed by atoms with E-state index < -0.39 is 0 Å². The zero-order chi connectivity index (χ0) is 56.3. The molecule has 396 valence electrons. The van der Waals surface area contributed by atoms with Crippen molar-refractivity contribution >= 4 is 86.7 Å². The molecule has 0 aliphatic carbocycles. The van der Waals surface area contributed by atoms with E-state index in [-0.39, 0.29) is 0 Å². The van der Waals surface area contributed by atoms with Crippen LogP contribution in [0.15, 0.2) is 250 Å². The van der Waals surface area contributed by atoms with Crippen LogP contribution in [0.1, 0.15) is 39.9 Å². The normalized spacial score (nSPS) is 10.4. The molecule has 0 aliphatic rings. The zero-order valence-electron chi connectivity index (χ0n) is 46.6. The summed E-state index contributed by atoms with van der Waals surface area (Å²) in [7, 11) is 0. The number of benzene rings is 8. The molecule has 7 aromatic heterocycles. The highest BCUT2D eigenvalue weighted by Crippen LogP contribution is 2.26. The smallest absolute Gasteiger partial charge is 0.125 e. The summed E-state index contributed by atoms with van der Waals surface area (Å²) < 4.78 is 0. The third-order valence-electron chi connectivity index (χ3n) is 13.4. The molecule has 0 spiro atoms. The molecule has 8 aromatic carbocycles. The van der Waals surface area contributed by atoms with E-state index in [0.29, 0.717) is 0 Å². The van der Waals surface area contributed by atoms with Gasteiger partial charge in [0.05, 0.1) is 34.0 Å². The Hall–Kier alpha value is -10.3. The fourth-order valence-corrected chi connectivity index (χ4v) is 9.15. The van der Waals surface area contributed by atoms with Crippen molar-refractivity contribution in [3.63, 3.8) is 0 Å². The summed E-state index contributed by atoms with van der Waals surface area (Å²) in [5.74, 6) is 0.823. The van der Waals surface area contributed by atoms with Crippen LogP contribution >= 0.6 is 0 Å². The Balaban J connectivity index is 0.000000114. The lowest BCUT2D eigenvalue weighted by atomic mass is 10.0. The van der Waals surface area contributed by atoms with Crippen molar-refractivity contribution in [2.45, 2.75) is 48.5 Å². The summed E-state index contributed by atoms with van der Waals surface area (Å²) in [4.78, 5) is 33.9. The standard InChI is InChI=1S/C14H11N.3C10H9N.3C9H8N2/c1-10-11-6-2-3-7-12(11)13-8-4-5-9-14(13)15-10;1-8-6-11-7-9-4-2-3-5-10(8)9;1-8-10-5-3-2-4-9(10)6-7-11-8;1-8-6-7-9-4-2-3-5-10(9)11-8;1-7-8-4-2-3-5-9(8)11-6-10-7;1-7-10-6-8-4-2-3-5-9(8)11-7;1-7-9-5-3-2-4-8(9)6-10-11-7/h2-9H,1H3;3*2-7H,1H3;3*2-6H,1H3. The van der Waals surface area contributed by atoms with E-state index >= 15 is 0 Å². The van der Waals surface area contributed by atoms with E-state index in [0.717, 1.165) is 72.5 Å². The van der Waals surface area contributed by atoms with Crippen LogP contribution in [-0.2, 0) is 0 Å². The molecule has 0 saturated heterocycles. The van der Waals surface area contributed by atoms with E-state index in [1.807, 2.05) is 181 Å². The van der Waals surface area contributed by atoms with Gasteiger partial charge in [0.2, 0.25) is 0 Å². The Labute approximate surface area is 472 Å². The van der Waals surface area contributed by atoms with Crippen LogP contribution in [0, 0.1) is 48.5 Å². The van der Waals surface area contributed by atoms with E-state index in [9.17, 15) is 0 Å². The van der Waals surface area contributed by atoms with E-state index in [1.54, 1.807) is 12.5 Å². The minimum absolute atomic E-state index is 0.823. The molecule has 10 heteroatoms. The molecule has 0 atom stereocenters. The summed E-state index contributed by atoms with van der Waals surface area (Å²) in [6.45, 7) is 14.0. The van der Waals surface area contributed by atoms with Crippen LogP contribution < -0.4 is 0 Å². The van der Waals surface area contributed by atoms with Gasteiger partial charge < -0.3 is 0 Å². The molecule has 15 aromatic rings. The van der Waals surface area contributed by atoms with Gasteiger partial charge in [0.15, 0.2) is 0 Å². The number of hydrogen-bond donors (Lipinski definition) is 0. The molecule has 0 amide bonds. The molecule has 0 aliphatic heterocycles. The molecule has 0 bridgehead atoms.